The first-order chi connectivity index (χ1) is 15.6. The van der Waals surface area contributed by atoms with E-state index < -0.39 is 5.63 Å². The molecule has 0 atom stereocenters. The Morgan fingerprint density at radius 1 is 1.19 bits per heavy atom. The Bertz CT molecular complexity index is 1520. The first-order valence-electron chi connectivity index (χ1n) is 9.45. The van der Waals surface area contributed by atoms with Crippen molar-refractivity contribution in [3.8, 4) is 33.4 Å². The van der Waals surface area contributed by atoms with Gasteiger partial charge in [-0.1, -0.05) is 35.9 Å². The Hall–Kier alpha value is -3.75. The molecule has 5 aromatic rings. The summed E-state index contributed by atoms with van der Waals surface area (Å²) in [7, 11) is 1.52. The molecule has 0 saturated heterocycles. The minimum Gasteiger partial charge on any atom is -0.493 e. The van der Waals surface area contributed by atoms with Crippen LogP contribution in [0.2, 0.25) is 5.02 Å². The normalized spacial score (nSPS) is 11.1. The number of rotatable bonds is 5. The highest BCUT2D eigenvalue weighted by Crippen LogP contribution is 2.30. The van der Waals surface area contributed by atoms with Crippen LogP contribution in [0, 0.1) is 0 Å². The second-order valence-electron chi connectivity index (χ2n) is 6.84. The Labute approximate surface area is 190 Å². The number of fused-ring (bicyclic) bond motifs is 1. The van der Waals surface area contributed by atoms with Crippen molar-refractivity contribution >= 4 is 40.2 Å². The van der Waals surface area contributed by atoms with E-state index in [1.54, 1.807) is 48.0 Å². The van der Waals surface area contributed by atoms with Crippen LogP contribution in [0.4, 0.5) is 0 Å². The summed E-state index contributed by atoms with van der Waals surface area (Å²) in [4.78, 5) is 28.8. The van der Waals surface area contributed by atoms with Crippen molar-refractivity contribution in [2.75, 3.05) is 7.11 Å². The number of nitrogens with zero attached hydrogens (tertiary/aromatic N) is 3. The van der Waals surface area contributed by atoms with Crippen LogP contribution in [-0.4, -0.2) is 28.2 Å². The lowest BCUT2D eigenvalue weighted by atomic mass is 10.1. The van der Waals surface area contributed by atoms with Gasteiger partial charge >= 0.3 is 5.63 Å². The van der Waals surface area contributed by atoms with Crippen LogP contribution in [0.25, 0.3) is 38.6 Å². The molecule has 0 spiro atoms. The van der Waals surface area contributed by atoms with Crippen LogP contribution >= 0.6 is 22.9 Å². The van der Waals surface area contributed by atoms with E-state index in [1.807, 2.05) is 12.1 Å². The second-order valence-corrected chi connectivity index (χ2v) is 8.12. The van der Waals surface area contributed by atoms with Crippen LogP contribution in [0.1, 0.15) is 10.4 Å². The molecule has 158 valence electrons. The quantitative estimate of drug-likeness (QED) is 0.261. The number of aromatic nitrogens is 3. The predicted molar refractivity (Wildman–Crippen MR) is 123 cm³/mol. The molecular weight excluding hydrogens is 450 g/mol. The molecule has 0 saturated carbocycles. The first kappa shape index (κ1) is 20.2. The van der Waals surface area contributed by atoms with Gasteiger partial charge < -0.3 is 9.15 Å². The van der Waals surface area contributed by atoms with E-state index in [2.05, 4.69) is 10.1 Å². The van der Waals surface area contributed by atoms with Gasteiger partial charge in [0.1, 0.15) is 5.69 Å². The average Bonchev–Trinajstić information content (AvgIpc) is 3.46. The molecule has 3 heterocycles. The fraction of sp³-hybridized carbons (Fsp3) is 0.0435. The van der Waals surface area contributed by atoms with Crippen molar-refractivity contribution in [3.63, 3.8) is 0 Å². The third-order valence-corrected chi connectivity index (χ3v) is 5.98. The predicted octanol–water partition coefficient (Wildman–Crippen LogP) is 5.24. The zero-order chi connectivity index (χ0) is 22.2. The molecule has 7 nitrogen and oxygen atoms in total. The van der Waals surface area contributed by atoms with Crippen LogP contribution in [-0.2, 0) is 0 Å². The largest absolute Gasteiger partial charge is 0.493 e. The van der Waals surface area contributed by atoms with Gasteiger partial charge in [0.15, 0.2) is 17.6 Å². The summed E-state index contributed by atoms with van der Waals surface area (Å²) in [5.74, 6) is 0.484. The van der Waals surface area contributed by atoms with Gasteiger partial charge in [0.2, 0.25) is 5.13 Å². The van der Waals surface area contributed by atoms with Crippen LogP contribution in [0.15, 0.2) is 69.3 Å². The van der Waals surface area contributed by atoms with E-state index in [0.717, 1.165) is 17.2 Å². The van der Waals surface area contributed by atoms with Gasteiger partial charge in [-0.15, -0.1) is 11.3 Å². The van der Waals surface area contributed by atoms with E-state index >= 15 is 0 Å². The van der Waals surface area contributed by atoms with Crippen molar-refractivity contribution in [1.82, 2.24) is 14.8 Å². The molecule has 32 heavy (non-hydrogen) atoms. The van der Waals surface area contributed by atoms with Crippen molar-refractivity contribution < 1.29 is 13.9 Å². The van der Waals surface area contributed by atoms with E-state index in [1.165, 1.54) is 23.1 Å². The molecule has 0 aliphatic heterocycles. The highest BCUT2D eigenvalue weighted by molar-refractivity contribution is 7.12. The molecule has 5 rings (SSSR count). The van der Waals surface area contributed by atoms with Crippen LogP contribution in [0.3, 0.4) is 0 Å². The van der Waals surface area contributed by atoms with Crippen LogP contribution < -0.4 is 10.4 Å². The molecule has 9 heteroatoms. The fourth-order valence-corrected chi connectivity index (χ4v) is 4.23. The van der Waals surface area contributed by atoms with E-state index in [0.29, 0.717) is 44.0 Å². The van der Waals surface area contributed by atoms with Gasteiger partial charge in [-0.3, -0.25) is 4.79 Å². The number of carbonyl (C=O) groups excluding carboxylic acids is 1. The fourth-order valence-electron chi connectivity index (χ4n) is 3.35. The van der Waals surface area contributed by atoms with Crippen molar-refractivity contribution in [1.29, 1.82) is 0 Å². The standard InChI is InChI=1S/C23H14ClN3O4S/c1-30-19-4-2-3-14-9-17(22(29)31-21(14)19)18-12-32-23(25-18)27-10-15(11-28)20(26-27)13-5-7-16(24)8-6-13/h2-12H,1H3. The molecule has 0 aliphatic carbocycles. The second kappa shape index (κ2) is 8.07. The summed E-state index contributed by atoms with van der Waals surface area (Å²) in [5.41, 5.74) is 2.35. The number of hydrogen-bond acceptors (Lipinski definition) is 7. The number of ether oxygens (including phenoxy) is 1. The SMILES string of the molecule is COc1cccc2cc(-c3csc(-n4cc(C=O)c(-c5ccc(Cl)cc5)n4)n3)c(=O)oc12. The van der Waals surface area contributed by atoms with Gasteiger partial charge in [0, 0.05) is 27.5 Å². The highest BCUT2D eigenvalue weighted by Gasteiger charge is 2.17. The number of methoxy groups -OCH3 is 1. The molecule has 0 unspecified atom stereocenters. The minimum atomic E-state index is -0.519. The molecule has 0 radical (unpaired) electrons. The summed E-state index contributed by atoms with van der Waals surface area (Å²) in [6.45, 7) is 0. The number of hydrogen-bond donors (Lipinski definition) is 0. The minimum absolute atomic E-state index is 0.328. The van der Waals surface area contributed by atoms with Gasteiger partial charge in [-0.25, -0.2) is 14.5 Å². The highest BCUT2D eigenvalue weighted by atomic mass is 35.5. The zero-order valence-electron chi connectivity index (χ0n) is 16.6. The van der Waals surface area contributed by atoms with Gasteiger partial charge in [0.25, 0.3) is 0 Å². The Balaban J connectivity index is 1.56. The summed E-state index contributed by atoms with van der Waals surface area (Å²) in [6, 6.07) is 14.2. The maximum atomic E-state index is 12.6. The lowest BCUT2D eigenvalue weighted by Crippen LogP contribution is -2.04. The Morgan fingerprint density at radius 3 is 2.75 bits per heavy atom. The number of halogens is 1. The van der Waals surface area contributed by atoms with Crippen molar-refractivity contribution in [2.45, 2.75) is 0 Å². The lowest BCUT2D eigenvalue weighted by molar-refractivity contribution is 0.112. The molecule has 0 fully saturated rings. The molecule has 0 bridgehead atoms. The van der Waals surface area contributed by atoms with E-state index in [-0.39, 0.29) is 0 Å². The number of benzene rings is 2. The van der Waals surface area contributed by atoms with E-state index in [4.69, 9.17) is 20.8 Å². The third kappa shape index (κ3) is 3.49. The van der Waals surface area contributed by atoms with Crippen molar-refractivity contribution in [3.05, 3.63) is 81.1 Å². The third-order valence-electron chi connectivity index (χ3n) is 4.89. The first-order valence-corrected chi connectivity index (χ1v) is 10.7. The number of thiazole rings is 1. The number of carbonyl (C=O) groups is 1. The summed E-state index contributed by atoms with van der Waals surface area (Å²) >= 11 is 7.25. The number of para-hydroxylation sites is 1. The topological polar surface area (TPSA) is 87.2 Å². The molecular formula is C23H14ClN3O4S. The summed E-state index contributed by atoms with van der Waals surface area (Å²) < 4.78 is 12.3. The zero-order valence-corrected chi connectivity index (χ0v) is 18.2. The van der Waals surface area contributed by atoms with Gasteiger partial charge in [-0.2, -0.15) is 5.10 Å². The molecule has 0 amide bonds. The van der Waals surface area contributed by atoms with E-state index in [9.17, 15) is 9.59 Å². The maximum Gasteiger partial charge on any atom is 0.345 e. The summed E-state index contributed by atoms with van der Waals surface area (Å²) in [6.07, 6.45) is 2.35. The Kier molecular flexibility index (Phi) is 5.08. The maximum absolute atomic E-state index is 12.6. The smallest absolute Gasteiger partial charge is 0.345 e. The monoisotopic (exact) mass is 463 g/mol. The van der Waals surface area contributed by atoms with Gasteiger partial charge in [0.05, 0.1) is 23.9 Å². The molecule has 0 aliphatic rings. The summed E-state index contributed by atoms with van der Waals surface area (Å²) in [5, 5.41) is 8.10. The number of aldehydes is 1. The lowest BCUT2D eigenvalue weighted by Gasteiger charge is -2.04. The van der Waals surface area contributed by atoms with Gasteiger partial charge in [-0.05, 0) is 24.3 Å². The Morgan fingerprint density at radius 2 is 2.00 bits per heavy atom. The molecule has 3 aromatic heterocycles. The van der Waals surface area contributed by atoms with Crippen LogP contribution in [0.5, 0.6) is 5.75 Å². The molecule has 0 N–H and O–H groups in total. The average molecular weight is 464 g/mol. The van der Waals surface area contributed by atoms with Crippen molar-refractivity contribution in [2.24, 2.45) is 0 Å². The molecule has 2 aromatic carbocycles.